The molecule has 0 bridgehead atoms. The third-order valence-electron chi connectivity index (χ3n) is 5.78. The Morgan fingerprint density at radius 2 is 1.79 bits per heavy atom. The highest BCUT2D eigenvalue weighted by Crippen LogP contribution is 2.20. The van der Waals surface area contributed by atoms with Gasteiger partial charge in [0.05, 0.1) is 12.7 Å². The topological polar surface area (TPSA) is 33.7 Å². The Labute approximate surface area is 176 Å². The molecule has 1 heterocycles. The van der Waals surface area contributed by atoms with Crippen LogP contribution in [0.4, 0.5) is 0 Å². The van der Waals surface area contributed by atoms with Gasteiger partial charge in [0.1, 0.15) is 5.75 Å². The van der Waals surface area contributed by atoms with Crippen molar-refractivity contribution in [3.05, 3.63) is 29.8 Å². The van der Waals surface area contributed by atoms with E-state index in [1.165, 1.54) is 50.5 Å². The van der Waals surface area contributed by atoms with Crippen molar-refractivity contribution in [3.8, 4) is 5.75 Å². The molecule has 0 radical (unpaired) electrons. The maximum atomic E-state index is 5.90. The van der Waals surface area contributed by atoms with E-state index in [2.05, 4.69) is 22.3 Å². The minimum Gasteiger partial charge on any atom is -0.494 e. The minimum absolute atomic E-state index is 0.291. The molecule has 1 aliphatic carbocycles. The predicted molar refractivity (Wildman–Crippen MR) is 119 cm³/mol. The summed E-state index contributed by atoms with van der Waals surface area (Å²) in [7, 11) is 0. The van der Waals surface area contributed by atoms with E-state index in [1.54, 1.807) is 0 Å². The molecule has 0 spiro atoms. The average Bonchev–Trinajstić information content (AvgIpc) is 3.18. The molecule has 1 aliphatic heterocycles. The van der Waals surface area contributed by atoms with Crippen molar-refractivity contribution in [2.24, 2.45) is 0 Å². The first kappa shape index (κ1) is 21.4. The number of ether oxygens (including phenoxy) is 2. The second kappa shape index (κ2) is 11.6. The highest BCUT2D eigenvalue weighted by atomic mass is 32.1. The Kier molecular flexibility index (Phi) is 8.87. The van der Waals surface area contributed by atoms with E-state index in [-0.39, 0.29) is 0 Å². The third-order valence-corrected chi connectivity index (χ3v) is 6.15. The van der Waals surface area contributed by atoms with E-state index in [4.69, 9.17) is 21.7 Å². The van der Waals surface area contributed by atoms with Crippen LogP contribution >= 0.6 is 12.2 Å². The van der Waals surface area contributed by atoms with Gasteiger partial charge in [0.2, 0.25) is 0 Å². The zero-order valence-corrected chi connectivity index (χ0v) is 18.1. The summed E-state index contributed by atoms with van der Waals surface area (Å²) < 4.78 is 11.5. The molecule has 1 aromatic rings. The van der Waals surface area contributed by atoms with Crippen LogP contribution in [0.2, 0.25) is 0 Å². The zero-order valence-electron chi connectivity index (χ0n) is 17.3. The minimum atomic E-state index is 0.291. The highest BCUT2D eigenvalue weighted by molar-refractivity contribution is 7.80. The molecule has 4 nitrogen and oxygen atoms in total. The first-order valence-electron chi connectivity index (χ1n) is 11.1. The van der Waals surface area contributed by atoms with Crippen molar-refractivity contribution in [2.45, 2.75) is 83.4 Å². The van der Waals surface area contributed by atoms with Crippen LogP contribution in [0.25, 0.3) is 0 Å². The Hall–Kier alpha value is -1.33. The van der Waals surface area contributed by atoms with E-state index in [9.17, 15) is 0 Å². The summed E-state index contributed by atoms with van der Waals surface area (Å²) in [6.07, 6.45) is 11.8. The standard InChI is InChI=1S/C23H36N2O2S/c1-2-26-21-14-12-19(13-15-21)17-25(18-22-11-8-16-27-22)23(28)24-20-9-6-4-3-5-7-10-20/h12-15,20,22H,2-11,16-18H2,1H3,(H,24,28). The summed E-state index contributed by atoms with van der Waals surface area (Å²) in [5, 5.41) is 4.57. The molecule has 28 heavy (non-hydrogen) atoms. The normalized spacial score (nSPS) is 21.0. The van der Waals surface area contributed by atoms with E-state index in [0.717, 1.165) is 43.4 Å². The van der Waals surface area contributed by atoms with Gasteiger partial charge in [0.25, 0.3) is 0 Å². The number of benzene rings is 1. The lowest BCUT2D eigenvalue weighted by atomic mass is 9.97. The molecule has 1 saturated carbocycles. The Morgan fingerprint density at radius 3 is 2.43 bits per heavy atom. The van der Waals surface area contributed by atoms with Crippen molar-refractivity contribution < 1.29 is 9.47 Å². The summed E-state index contributed by atoms with van der Waals surface area (Å²) >= 11 is 5.87. The van der Waals surface area contributed by atoms with Crippen LogP contribution in [0.1, 0.15) is 70.3 Å². The summed E-state index contributed by atoms with van der Waals surface area (Å²) in [6, 6.07) is 8.90. The maximum Gasteiger partial charge on any atom is 0.169 e. The molecule has 2 fully saturated rings. The quantitative estimate of drug-likeness (QED) is 0.643. The van der Waals surface area contributed by atoms with Gasteiger partial charge in [-0.2, -0.15) is 0 Å². The van der Waals surface area contributed by atoms with Crippen LogP contribution < -0.4 is 10.1 Å². The number of thiocarbonyl (C=S) groups is 1. The van der Waals surface area contributed by atoms with Crippen LogP contribution in [0, 0.1) is 0 Å². The molecule has 0 amide bonds. The SMILES string of the molecule is CCOc1ccc(CN(CC2CCCO2)C(=S)NC2CCCCCCC2)cc1. The lowest BCUT2D eigenvalue weighted by Crippen LogP contribution is -2.47. The van der Waals surface area contributed by atoms with Crippen molar-refractivity contribution in [1.29, 1.82) is 0 Å². The molecule has 3 rings (SSSR count). The number of nitrogens with zero attached hydrogens (tertiary/aromatic N) is 1. The fraction of sp³-hybridized carbons (Fsp3) is 0.696. The number of hydrogen-bond donors (Lipinski definition) is 1. The molecule has 156 valence electrons. The van der Waals surface area contributed by atoms with Gasteiger partial charge >= 0.3 is 0 Å². The summed E-state index contributed by atoms with van der Waals surface area (Å²) in [5.41, 5.74) is 1.25. The van der Waals surface area contributed by atoms with Gasteiger partial charge in [-0.1, -0.05) is 44.2 Å². The monoisotopic (exact) mass is 404 g/mol. The lowest BCUT2D eigenvalue weighted by Gasteiger charge is -2.31. The number of nitrogens with one attached hydrogen (secondary N) is 1. The zero-order chi connectivity index (χ0) is 19.6. The Balaban J connectivity index is 1.61. The molecule has 1 N–H and O–H groups in total. The van der Waals surface area contributed by atoms with Crippen LogP contribution in [-0.2, 0) is 11.3 Å². The van der Waals surface area contributed by atoms with Crippen LogP contribution in [0.5, 0.6) is 5.75 Å². The Morgan fingerprint density at radius 1 is 1.07 bits per heavy atom. The smallest absolute Gasteiger partial charge is 0.169 e. The molecule has 0 aromatic heterocycles. The molecular weight excluding hydrogens is 368 g/mol. The van der Waals surface area contributed by atoms with Gasteiger partial charge in [0.15, 0.2) is 5.11 Å². The Bertz CT molecular complexity index is 579. The molecule has 5 heteroatoms. The van der Waals surface area contributed by atoms with E-state index in [1.807, 2.05) is 19.1 Å². The van der Waals surface area contributed by atoms with E-state index >= 15 is 0 Å². The lowest BCUT2D eigenvalue weighted by molar-refractivity contribution is 0.0895. The van der Waals surface area contributed by atoms with Crippen LogP contribution in [0.15, 0.2) is 24.3 Å². The molecule has 1 atom stereocenters. The van der Waals surface area contributed by atoms with Crippen molar-refractivity contribution in [2.75, 3.05) is 19.8 Å². The fourth-order valence-electron chi connectivity index (χ4n) is 4.20. The van der Waals surface area contributed by atoms with Gasteiger partial charge in [-0.3, -0.25) is 0 Å². The first-order valence-corrected chi connectivity index (χ1v) is 11.5. The van der Waals surface area contributed by atoms with Gasteiger partial charge < -0.3 is 19.7 Å². The first-order chi connectivity index (χ1) is 13.7. The van der Waals surface area contributed by atoms with E-state index < -0.39 is 0 Å². The maximum absolute atomic E-state index is 5.90. The van der Waals surface area contributed by atoms with Crippen LogP contribution in [0.3, 0.4) is 0 Å². The largest absolute Gasteiger partial charge is 0.494 e. The molecule has 1 saturated heterocycles. The summed E-state index contributed by atoms with van der Waals surface area (Å²) in [6.45, 7) is 5.26. The van der Waals surface area contributed by atoms with E-state index in [0.29, 0.717) is 18.8 Å². The average molecular weight is 405 g/mol. The summed E-state index contributed by atoms with van der Waals surface area (Å²) in [5.74, 6) is 0.923. The van der Waals surface area contributed by atoms with Crippen LogP contribution in [-0.4, -0.2) is 41.9 Å². The predicted octanol–water partition coefficient (Wildman–Crippen LogP) is 5.05. The van der Waals surface area contributed by atoms with Crippen molar-refractivity contribution in [1.82, 2.24) is 10.2 Å². The molecular formula is C23H36N2O2S. The molecule has 1 unspecified atom stereocenters. The van der Waals surface area contributed by atoms with Crippen molar-refractivity contribution >= 4 is 17.3 Å². The van der Waals surface area contributed by atoms with Gasteiger partial charge in [-0.05, 0) is 62.5 Å². The van der Waals surface area contributed by atoms with Gasteiger partial charge in [-0.25, -0.2) is 0 Å². The fourth-order valence-corrected chi connectivity index (χ4v) is 4.50. The third kappa shape index (κ3) is 6.93. The number of hydrogen-bond acceptors (Lipinski definition) is 3. The van der Waals surface area contributed by atoms with Gasteiger partial charge in [0, 0.05) is 25.7 Å². The second-order valence-corrected chi connectivity index (χ2v) is 8.47. The van der Waals surface area contributed by atoms with Gasteiger partial charge in [-0.15, -0.1) is 0 Å². The number of rotatable bonds is 7. The second-order valence-electron chi connectivity index (χ2n) is 8.08. The highest BCUT2D eigenvalue weighted by Gasteiger charge is 2.22. The van der Waals surface area contributed by atoms with Crippen molar-refractivity contribution in [3.63, 3.8) is 0 Å². The molecule has 1 aromatic carbocycles. The summed E-state index contributed by atoms with van der Waals surface area (Å²) in [4.78, 5) is 2.31. The molecule has 2 aliphatic rings.